The monoisotopic (exact) mass is 312 g/mol. The van der Waals surface area contributed by atoms with Crippen LogP contribution < -0.4 is 0 Å². The molecule has 0 spiro atoms. The van der Waals surface area contributed by atoms with Crippen molar-refractivity contribution in [2.45, 2.75) is 29.6 Å². The first-order valence-corrected chi connectivity index (χ1v) is 4.02. The molecule has 112 valence electrons. The molecular weight excluding hydrogens is 312 g/mol. The van der Waals surface area contributed by atoms with Gasteiger partial charge in [0.05, 0.1) is 0 Å². The summed E-state index contributed by atoms with van der Waals surface area (Å²) in [7, 11) is 0. The number of halogens is 12. The highest BCUT2D eigenvalue weighted by Gasteiger charge is 2.92. The maximum atomic E-state index is 13.0. The first-order chi connectivity index (χ1) is 8.07. The highest BCUT2D eigenvalue weighted by Crippen LogP contribution is 2.65. The van der Waals surface area contributed by atoms with Crippen LogP contribution in [0.5, 0.6) is 0 Å². The lowest BCUT2D eigenvalue weighted by atomic mass is 9.81. The largest absolute Gasteiger partial charge is 0.435 e. The Bertz CT molecular complexity index is 428. The van der Waals surface area contributed by atoms with E-state index in [2.05, 4.69) is 0 Å². The third-order valence-electron chi connectivity index (χ3n) is 2.38. The molecule has 0 nitrogen and oxygen atoms in total. The fourth-order valence-electron chi connectivity index (χ4n) is 1.28. The second-order valence-corrected chi connectivity index (χ2v) is 3.51. The molecule has 0 radical (unpaired) electrons. The number of alkyl halides is 10. The maximum absolute atomic E-state index is 13.0. The van der Waals surface area contributed by atoms with E-state index in [1.54, 1.807) is 0 Å². The number of hydrogen-bond donors (Lipinski definition) is 0. The van der Waals surface area contributed by atoms with Gasteiger partial charge >= 0.3 is 29.6 Å². The molecular formula is C7F12. The normalized spacial score (nSPS) is 33.5. The van der Waals surface area contributed by atoms with Gasteiger partial charge in [-0.3, -0.25) is 0 Å². The van der Waals surface area contributed by atoms with E-state index in [9.17, 15) is 52.7 Å². The van der Waals surface area contributed by atoms with Crippen molar-refractivity contribution in [3.63, 3.8) is 0 Å². The minimum atomic E-state index is -7.25. The average molecular weight is 312 g/mol. The van der Waals surface area contributed by atoms with Crippen LogP contribution in [0.25, 0.3) is 0 Å². The number of rotatable bonds is 0. The topological polar surface area (TPSA) is 0 Å². The smallest absolute Gasteiger partial charge is 0.219 e. The predicted molar refractivity (Wildman–Crippen MR) is 34.0 cm³/mol. The van der Waals surface area contributed by atoms with Gasteiger partial charge in [-0.25, -0.2) is 13.2 Å². The van der Waals surface area contributed by atoms with Gasteiger partial charge in [-0.1, -0.05) is 0 Å². The van der Waals surface area contributed by atoms with Crippen LogP contribution in [0.1, 0.15) is 0 Å². The molecule has 12 heteroatoms. The van der Waals surface area contributed by atoms with Crippen LogP contribution in [0.15, 0.2) is 11.7 Å². The summed E-state index contributed by atoms with van der Waals surface area (Å²) in [6, 6.07) is 0. The molecule has 0 amide bonds. The summed E-state index contributed by atoms with van der Waals surface area (Å²) in [5.41, 5.74) is -6.89. The van der Waals surface area contributed by atoms with Gasteiger partial charge in [0.25, 0.3) is 0 Å². The molecule has 0 saturated heterocycles. The highest BCUT2D eigenvalue weighted by atomic mass is 19.4. The lowest BCUT2D eigenvalue weighted by molar-refractivity contribution is -0.390. The van der Waals surface area contributed by atoms with Gasteiger partial charge in [0.15, 0.2) is 5.83 Å². The van der Waals surface area contributed by atoms with Crippen LogP contribution in [0, 0.1) is 0 Å². The summed E-state index contributed by atoms with van der Waals surface area (Å²) in [5.74, 6) is -29.6. The highest BCUT2D eigenvalue weighted by molar-refractivity contribution is 5.36. The molecule has 1 aliphatic carbocycles. The van der Waals surface area contributed by atoms with Crippen LogP contribution in [-0.4, -0.2) is 29.6 Å². The Morgan fingerprint density at radius 3 is 1.32 bits per heavy atom. The van der Waals surface area contributed by atoms with E-state index < -0.39 is 41.3 Å². The van der Waals surface area contributed by atoms with Crippen molar-refractivity contribution in [3.8, 4) is 0 Å². The fraction of sp³-hybridized carbons (Fsp3) is 0.714. The SMILES string of the molecule is FC1=C(F)C(F)(C(F)(F)F)C(F)(F)C(F)(F)C1(F)F. The van der Waals surface area contributed by atoms with Gasteiger partial charge in [0.1, 0.15) is 0 Å². The Morgan fingerprint density at radius 2 is 1.00 bits per heavy atom. The molecule has 1 unspecified atom stereocenters. The fourth-order valence-corrected chi connectivity index (χ4v) is 1.28. The van der Waals surface area contributed by atoms with Gasteiger partial charge in [-0.05, 0) is 0 Å². The molecule has 0 N–H and O–H groups in total. The van der Waals surface area contributed by atoms with Crippen molar-refractivity contribution in [2.75, 3.05) is 0 Å². The van der Waals surface area contributed by atoms with Crippen LogP contribution in [-0.2, 0) is 0 Å². The Balaban J connectivity index is 3.83. The zero-order valence-corrected chi connectivity index (χ0v) is 8.04. The van der Waals surface area contributed by atoms with E-state index in [4.69, 9.17) is 0 Å². The van der Waals surface area contributed by atoms with Crippen molar-refractivity contribution in [3.05, 3.63) is 11.7 Å². The Hall–Kier alpha value is -1.10. The van der Waals surface area contributed by atoms with Crippen LogP contribution in [0.3, 0.4) is 0 Å². The van der Waals surface area contributed by atoms with Crippen molar-refractivity contribution >= 4 is 0 Å². The van der Waals surface area contributed by atoms with E-state index in [0.717, 1.165) is 0 Å². The minimum absolute atomic E-state index is 4.23. The van der Waals surface area contributed by atoms with Gasteiger partial charge in [0.2, 0.25) is 5.83 Å². The molecule has 0 heterocycles. The van der Waals surface area contributed by atoms with Gasteiger partial charge < -0.3 is 0 Å². The summed E-state index contributed by atoms with van der Waals surface area (Å²) < 4.78 is 149. The van der Waals surface area contributed by atoms with Crippen LogP contribution in [0.4, 0.5) is 52.7 Å². The zero-order chi connectivity index (χ0) is 15.7. The molecule has 0 bridgehead atoms. The number of allylic oxidation sites excluding steroid dienone is 2. The lowest BCUT2D eigenvalue weighted by Crippen LogP contribution is -2.71. The summed E-state index contributed by atoms with van der Waals surface area (Å²) in [6.45, 7) is 0. The molecule has 1 rings (SSSR count). The van der Waals surface area contributed by atoms with E-state index in [1.807, 2.05) is 0 Å². The van der Waals surface area contributed by atoms with E-state index in [0.29, 0.717) is 0 Å². The maximum Gasteiger partial charge on any atom is 0.435 e. The second-order valence-electron chi connectivity index (χ2n) is 3.51. The van der Waals surface area contributed by atoms with Crippen molar-refractivity contribution in [2.24, 2.45) is 0 Å². The Labute approximate surface area is 95.2 Å². The van der Waals surface area contributed by atoms with E-state index in [1.165, 1.54) is 0 Å². The molecule has 0 aromatic carbocycles. The molecule has 0 aliphatic heterocycles. The summed E-state index contributed by atoms with van der Waals surface area (Å²) in [4.78, 5) is 0. The average Bonchev–Trinajstić information content (AvgIpc) is 2.21. The quantitative estimate of drug-likeness (QED) is 0.584. The first kappa shape index (κ1) is 16.0. The summed E-state index contributed by atoms with van der Waals surface area (Å²) >= 11 is 0. The van der Waals surface area contributed by atoms with Crippen LogP contribution in [0.2, 0.25) is 0 Å². The third-order valence-corrected chi connectivity index (χ3v) is 2.38. The molecule has 0 saturated carbocycles. The van der Waals surface area contributed by atoms with Gasteiger partial charge in [-0.2, -0.15) is 39.5 Å². The third kappa shape index (κ3) is 1.45. The standard InChI is InChI=1S/C7F12/c8-1-2(9)4(11,12)6(15,16)5(13,14)3(1,10)7(17,18)19. The number of hydrogen-bond acceptors (Lipinski definition) is 0. The van der Waals surface area contributed by atoms with Gasteiger partial charge in [0, 0.05) is 0 Å². The van der Waals surface area contributed by atoms with E-state index >= 15 is 0 Å². The summed E-state index contributed by atoms with van der Waals surface area (Å²) in [6.07, 6.45) is -7.09. The Kier molecular flexibility index (Phi) is 2.95. The predicted octanol–water partition coefficient (Wildman–Crippen LogP) is 4.33. The molecule has 1 atom stereocenters. The Morgan fingerprint density at radius 1 is 0.632 bits per heavy atom. The molecule has 1 aliphatic rings. The van der Waals surface area contributed by atoms with Crippen molar-refractivity contribution < 1.29 is 52.7 Å². The lowest BCUT2D eigenvalue weighted by Gasteiger charge is -2.43. The van der Waals surface area contributed by atoms with Crippen molar-refractivity contribution in [1.29, 1.82) is 0 Å². The second kappa shape index (κ2) is 3.51. The minimum Gasteiger partial charge on any atom is -0.219 e. The van der Waals surface area contributed by atoms with Crippen molar-refractivity contribution in [1.82, 2.24) is 0 Å². The molecule has 0 aromatic heterocycles. The van der Waals surface area contributed by atoms with Gasteiger partial charge in [-0.15, -0.1) is 0 Å². The first-order valence-electron chi connectivity index (χ1n) is 4.02. The summed E-state index contributed by atoms with van der Waals surface area (Å²) in [5, 5.41) is 0. The molecule has 0 aromatic rings. The van der Waals surface area contributed by atoms with Crippen LogP contribution >= 0.6 is 0 Å². The molecule has 19 heavy (non-hydrogen) atoms. The zero-order valence-electron chi connectivity index (χ0n) is 8.04. The van der Waals surface area contributed by atoms with E-state index in [-0.39, 0.29) is 0 Å². The molecule has 0 fully saturated rings.